The molecule has 2 unspecified atom stereocenters. The summed E-state index contributed by atoms with van der Waals surface area (Å²) in [5.41, 5.74) is 2.55. The maximum atomic E-state index is 5.74. The van der Waals surface area contributed by atoms with Crippen LogP contribution in [0.5, 0.6) is 5.75 Å². The zero-order valence-electron chi connectivity index (χ0n) is 12.9. The number of nitrogens with one attached hydrogen (secondary N) is 1. The van der Waals surface area contributed by atoms with E-state index in [0.29, 0.717) is 12.1 Å². The van der Waals surface area contributed by atoms with Crippen molar-refractivity contribution in [2.75, 3.05) is 20.3 Å². The number of aryl methyl sites for hydroxylation is 1. The maximum Gasteiger partial charge on any atom is 0.123 e. The van der Waals surface area contributed by atoms with Crippen molar-refractivity contribution < 1.29 is 9.47 Å². The van der Waals surface area contributed by atoms with E-state index in [1.807, 2.05) is 0 Å². The first-order valence-electron chi connectivity index (χ1n) is 7.74. The molecule has 1 aromatic rings. The molecule has 1 aliphatic rings. The molecule has 0 radical (unpaired) electrons. The molecule has 112 valence electrons. The lowest BCUT2D eigenvalue weighted by Crippen LogP contribution is -2.23. The average molecular weight is 277 g/mol. The number of rotatable bonds is 7. The van der Waals surface area contributed by atoms with Gasteiger partial charge < -0.3 is 14.8 Å². The monoisotopic (exact) mass is 277 g/mol. The standard InChI is InChI=1S/C17H27NO2/c1-4-18-16(9-8-14-6-5-11-20-14)15-12-13(2)7-10-17(15)19-3/h7,10,12,14,16,18H,4-6,8-9,11H2,1-3H3. The average Bonchev–Trinajstić information content (AvgIpc) is 2.96. The summed E-state index contributed by atoms with van der Waals surface area (Å²) in [4.78, 5) is 0. The predicted molar refractivity (Wildman–Crippen MR) is 82.4 cm³/mol. The van der Waals surface area contributed by atoms with Crippen LogP contribution in [-0.4, -0.2) is 26.4 Å². The van der Waals surface area contributed by atoms with Crippen LogP contribution >= 0.6 is 0 Å². The Hall–Kier alpha value is -1.06. The van der Waals surface area contributed by atoms with E-state index in [4.69, 9.17) is 9.47 Å². The lowest BCUT2D eigenvalue weighted by Gasteiger charge is -2.22. The number of benzene rings is 1. The number of hydrogen-bond acceptors (Lipinski definition) is 3. The van der Waals surface area contributed by atoms with Gasteiger partial charge in [0, 0.05) is 18.2 Å². The van der Waals surface area contributed by atoms with Gasteiger partial charge in [0.05, 0.1) is 13.2 Å². The minimum absolute atomic E-state index is 0.346. The molecule has 3 heteroatoms. The summed E-state index contributed by atoms with van der Waals surface area (Å²) in [6.45, 7) is 6.19. The first-order chi connectivity index (χ1) is 9.74. The summed E-state index contributed by atoms with van der Waals surface area (Å²) in [6, 6.07) is 6.76. The minimum atomic E-state index is 0.346. The van der Waals surface area contributed by atoms with Crippen molar-refractivity contribution in [1.29, 1.82) is 0 Å². The molecule has 1 aromatic carbocycles. The van der Waals surface area contributed by atoms with E-state index in [1.54, 1.807) is 7.11 Å². The van der Waals surface area contributed by atoms with Gasteiger partial charge in [0.25, 0.3) is 0 Å². The molecule has 0 aromatic heterocycles. The van der Waals surface area contributed by atoms with E-state index in [0.717, 1.165) is 31.7 Å². The first kappa shape index (κ1) is 15.3. The zero-order chi connectivity index (χ0) is 14.4. The normalized spacial score (nSPS) is 20.1. The summed E-state index contributed by atoms with van der Waals surface area (Å²) in [5.74, 6) is 0.980. The van der Waals surface area contributed by atoms with Crippen LogP contribution in [0.15, 0.2) is 18.2 Å². The Bertz CT molecular complexity index is 413. The van der Waals surface area contributed by atoms with Gasteiger partial charge in [-0.15, -0.1) is 0 Å². The smallest absolute Gasteiger partial charge is 0.123 e. The van der Waals surface area contributed by atoms with Crippen LogP contribution in [0.4, 0.5) is 0 Å². The van der Waals surface area contributed by atoms with Crippen LogP contribution in [-0.2, 0) is 4.74 Å². The molecule has 2 atom stereocenters. The Morgan fingerprint density at radius 1 is 1.45 bits per heavy atom. The van der Waals surface area contributed by atoms with Crippen molar-refractivity contribution in [3.63, 3.8) is 0 Å². The van der Waals surface area contributed by atoms with Crippen LogP contribution < -0.4 is 10.1 Å². The van der Waals surface area contributed by atoms with Crippen LogP contribution in [0.2, 0.25) is 0 Å². The predicted octanol–water partition coefficient (Wildman–Crippen LogP) is 3.61. The fourth-order valence-electron chi connectivity index (χ4n) is 2.96. The van der Waals surface area contributed by atoms with Crippen LogP contribution in [0, 0.1) is 6.92 Å². The quantitative estimate of drug-likeness (QED) is 0.826. The SMILES string of the molecule is CCNC(CCC1CCCO1)c1cc(C)ccc1OC. The molecular weight excluding hydrogens is 250 g/mol. The second-order valence-electron chi connectivity index (χ2n) is 5.57. The molecule has 0 spiro atoms. The zero-order valence-corrected chi connectivity index (χ0v) is 12.9. The highest BCUT2D eigenvalue weighted by Crippen LogP contribution is 2.30. The van der Waals surface area contributed by atoms with Gasteiger partial charge in [0.2, 0.25) is 0 Å². The van der Waals surface area contributed by atoms with Gasteiger partial charge >= 0.3 is 0 Å². The summed E-state index contributed by atoms with van der Waals surface area (Å²) in [7, 11) is 1.75. The van der Waals surface area contributed by atoms with Crippen LogP contribution in [0.1, 0.15) is 49.8 Å². The van der Waals surface area contributed by atoms with E-state index in [-0.39, 0.29) is 0 Å². The molecular formula is C17H27NO2. The molecule has 1 fully saturated rings. The molecule has 3 nitrogen and oxygen atoms in total. The van der Waals surface area contributed by atoms with Gasteiger partial charge in [-0.25, -0.2) is 0 Å². The molecule has 0 aliphatic carbocycles. The molecule has 2 rings (SSSR count). The molecule has 1 heterocycles. The lowest BCUT2D eigenvalue weighted by molar-refractivity contribution is 0.0995. The van der Waals surface area contributed by atoms with E-state index in [1.165, 1.54) is 24.0 Å². The Kier molecular flexibility index (Phi) is 5.86. The van der Waals surface area contributed by atoms with Crippen molar-refractivity contribution in [2.45, 2.75) is 51.7 Å². The third kappa shape index (κ3) is 3.97. The van der Waals surface area contributed by atoms with Gasteiger partial charge in [0.15, 0.2) is 0 Å². The van der Waals surface area contributed by atoms with Crippen LogP contribution in [0.3, 0.4) is 0 Å². The van der Waals surface area contributed by atoms with Gasteiger partial charge in [0.1, 0.15) is 5.75 Å². The van der Waals surface area contributed by atoms with Crippen molar-refractivity contribution >= 4 is 0 Å². The van der Waals surface area contributed by atoms with E-state index in [9.17, 15) is 0 Å². The molecule has 0 amide bonds. The summed E-state index contributed by atoms with van der Waals surface area (Å²) >= 11 is 0. The van der Waals surface area contributed by atoms with Gasteiger partial charge in [-0.2, -0.15) is 0 Å². The summed E-state index contributed by atoms with van der Waals surface area (Å²) < 4.78 is 11.3. The summed E-state index contributed by atoms with van der Waals surface area (Å²) in [6.07, 6.45) is 5.09. The van der Waals surface area contributed by atoms with Crippen molar-refractivity contribution in [1.82, 2.24) is 5.32 Å². The first-order valence-corrected chi connectivity index (χ1v) is 7.74. The topological polar surface area (TPSA) is 30.5 Å². The second-order valence-corrected chi connectivity index (χ2v) is 5.57. The maximum absolute atomic E-state index is 5.74. The Balaban J connectivity index is 2.07. The fourth-order valence-corrected chi connectivity index (χ4v) is 2.96. The van der Waals surface area contributed by atoms with Crippen molar-refractivity contribution in [3.8, 4) is 5.75 Å². The Morgan fingerprint density at radius 3 is 2.95 bits per heavy atom. The van der Waals surface area contributed by atoms with E-state index >= 15 is 0 Å². The number of ether oxygens (including phenoxy) is 2. The minimum Gasteiger partial charge on any atom is -0.496 e. The highest BCUT2D eigenvalue weighted by atomic mass is 16.5. The van der Waals surface area contributed by atoms with Crippen molar-refractivity contribution in [2.24, 2.45) is 0 Å². The fraction of sp³-hybridized carbons (Fsp3) is 0.647. The Labute approximate surface area is 122 Å². The van der Waals surface area contributed by atoms with Gasteiger partial charge in [-0.05, 0) is 45.2 Å². The highest BCUT2D eigenvalue weighted by molar-refractivity contribution is 5.39. The number of hydrogen-bond donors (Lipinski definition) is 1. The second kappa shape index (κ2) is 7.65. The van der Waals surface area contributed by atoms with Crippen molar-refractivity contribution in [3.05, 3.63) is 29.3 Å². The van der Waals surface area contributed by atoms with E-state index in [2.05, 4.69) is 37.4 Å². The Morgan fingerprint density at radius 2 is 2.30 bits per heavy atom. The molecule has 0 saturated carbocycles. The third-order valence-corrected chi connectivity index (χ3v) is 4.01. The lowest BCUT2D eigenvalue weighted by atomic mass is 9.97. The molecule has 0 bridgehead atoms. The highest BCUT2D eigenvalue weighted by Gasteiger charge is 2.20. The van der Waals surface area contributed by atoms with Crippen LogP contribution in [0.25, 0.3) is 0 Å². The molecule has 20 heavy (non-hydrogen) atoms. The molecule has 1 N–H and O–H groups in total. The molecule has 1 saturated heterocycles. The van der Waals surface area contributed by atoms with E-state index < -0.39 is 0 Å². The number of methoxy groups -OCH3 is 1. The third-order valence-electron chi connectivity index (χ3n) is 4.01. The van der Waals surface area contributed by atoms with Gasteiger partial charge in [-0.1, -0.05) is 24.6 Å². The molecule has 1 aliphatic heterocycles. The van der Waals surface area contributed by atoms with Gasteiger partial charge in [-0.3, -0.25) is 0 Å². The summed E-state index contributed by atoms with van der Waals surface area (Å²) in [5, 5.41) is 3.59. The largest absolute Gasteiger partial charge is 0.496 e.